The van der Waals surface area contributed by atoms with Crippen molar-refractivity contribution in [1.82, 2.24) is 0 Å². The standard InChI is InChI=1S/C7H8N2O2/c1-2-3-4-8-6-9-5-7(10)11/h2-6H,1H2,(H,10,11)/b4-3-,8-6?,9-5?. The van der Waals surface area contributed by atoms with Crippen LogP contribution in [0.3, 0.4) is 0 Å². The smallest absolute Gasteiger partial charge is 0.347 e. The van der Waals surface area contributed by atoms with E-state index in [1.165, 1.54) is 6.20 Å². The Balaban J connectivity index is 3.68. The first kappa shape index (κ1) is 9.29. The second kappa shape index (κ2) is 6.41. The van der Waals surface area contributed by atoms with Crippen LogP contribution < -0.4 is 0 Å². The Morgan fingerprint density at radius 2 is 2.18 bits per heavy atom. The van der Waals surface area contributed by atoms with Crippen molar-refractivity contribution in [1.29, 1.82) is 0 Å². The average Bonchev–Trinajstić information content (AvgIpc) is 1.96. The number of hydrogen-bond acceptors (Lipinski definition) is 2. The van der Waals surface area contributed by atoms with E-state index in [0.717, 1.165) is 12.6 Å². The first-order chi connectivity index (χ1) is 5.27. The molecule has 11 heavy (non-hydrogen) atoms. The highest BCUT2D eigenvalue weighted by Gasteiger charge is 1.81. The third-order valence-electron chi connectivity index (χ3n) is 0.627. The van der Waals surface area contributed by atoms with Gasteiger partial charge in [-0.15, -0.1) is 0 Å². The largest absolute Gasteiger partial charge is 0.477 e. The first-order valence-corrected chi connectivity index (χ1v) is 2.82. The predicted octanol–water partition coefficient (Wildman–Crippen LogP) is 0.870. The van der Waals surface area contributed by atoms with Crippen LogP contribution in [-0.2, 0) is 4.79 Å². The lowest BCUT2D eigenvalue weighted by Crippen LogP contribution is -1.94. The minimum absolute atomic E-state index is 0.755. The molecular formula is C7H8N2O2. The predicted molar refractivity (Wildman–Crippen MR) is 44.0 cm³/mol. The summed E-state index contributed by atoms with van der Waals surface area (Å²) >= 11 is 0. The molecule has 58 valence electrons. The fourth-order valence-corrected chi connectivity index (χ4v) is 0.285. The summed E-state index contributed by atoms with van der Waals surface area (Å²) in [4.78, 5) is 16.8. The van der Waals surface area contributed by atoms with Gasteiger partial charge in [-0.25, -0.2) is 14.8 Å². The molecule has 0 aliphatic heterocycles. The van der Waals surface area contributed by atoms with Crippen molar-refractivity contribution >= 4 is 18.5 Å². The van der Waals surface area contributed by atoms with Crippen LogP contribution in [0.15, 0.2) is 34.9 Å². The Bertz CT molecular complexity index is 216. The molecular weight excluding hydrogens is 144 g/mol. The minimum Gasteiger partial charge on any atom is -0.477 e. The second-order valence-corrected chi connectivity index (χ2v) is 1.46. The van der Waals surface area contributed by atoms with Gasteiger partial charge in [0.1, 0.15) is 12.6 Å². The van der Waals surface area contributed by atoms with Crippen LogP contribution in [0.25, 0.3) is 0 Å². The van der Waals surface area contributed by atoms with Crippen LogP contribution in [0, 0.1) is 0 Å². The number of carbonyl (C=O) groups is 1. The molecule has 0 bridgehead atoms. The van der Waals surface area contributed by atoms with Crippen molar-refractivity contribution in [2.75, 3.05) is 0 Å². The van der Waals surface area contributed by atoms with E-state index in [9.17, 15) is 4.79 Å². The highest BCUT2D eigenvalue weighted by Crippen LogP contribution is 1.73. The van der Waals surface area contributed by atoms with Gasteiger partial charge in [0.15, 0.2) is 0 Å². The molecule has 4 nitrogen and oxygen atoms in total. The summed E-state index contributed by atoms with van der Waals surface area (Å²) in [5.41, 5.74) is 0. The van der Waals surface area contributed by atoms with E-state index in [1.54, 1.807) is 12.2 Å². The van der Waals surface area contributed by atoms with Gasteiger partial charge in [0.05, 0.1) is 0 Å². The summed E-state index contributed by atoms with van der Waals surface area (Å²) in [5, 5.41) is 8.07. The minimum atomic E-state index is -1.09. The molecule has 4 heteroatoms. The molecule has 0 aliphatic carbocycles. The average molecular weight is 152 g/mol. The number of carboxylic acids is 1. The molecule has 0 spiro atoms. The zero-order valence-electron chi connectivity index (χ0n) is 5.84. The lowest BCUT2D eigenvalue weighted by Gasteiger charge is -1.74. The quantitative estimate of drug-likeness (QED) is 0.369. The molecule has 0 rings (SSSR count). The number of aliphatic imine (C=N–C) groups is 2. The van der Waals surface area contributed by atoms with Crippen molar-refractivity contribution in [2.24, 2.45) is 9.98 Å². The van der Waals surface area contributed by atoms with E-state index in [0.29, 0.717) is 0 Å². The van der Waals surface area contributed by atoms with Crippen molar-refractivity contribution in [2.45, 2.75) is 0 Å². The number of carboxylic acid groups (broad SMARTS) is 1. The Kier molecular flexibility index (Phi) is 5.41. The molecule has 0 aromatic rings. The number of rotatable bonds is 4. The summed E-state index contributed by atoms with van der Waals surface area (Å²) in [7, 11) is 0. The van der Waals surface area contributed by atoms with E-state index >= 15 is 0 Å². The van der Waals surface area contributed by atoms with Gasteiger partial charge in [0.2, 0.25) is 0 Å². The normalized spacial score (nSPS) is 11.6. The molecule has 0 atom stereocenters. The zero-order valence-corrected chi connectivity index (χ0v) is 5.84. The summed E-state index contributed by atoms with van der Waals surface area (Å²) < 4.78 is 0. The molecule has 0 heterocycles. The maximum atomic E-state index is 9.84. The van der Waals surface area contributed by atoms with Gasteiger partial charge in [0, 0.05) is 6.20 Å². The molecule has 0 amide bonds. The molecule has 0 radical (unpaired) electrons. The van der Waals surface area contributed by atoms with Gasteiger partial charge in [0.25, 0.3) is 0 Å². The summed E-state index contributed by atoms with van der Waals surface area (Å²) in [6.07, 6.45) is 6.50. The summed E-state index contributed by atoms with van der Waals surface area (Å²) in [6.45, 7) is 3.41. The summed E-state index contributed by atoms with van der Waals surface area (Å²) in [5.74, 6) is -1.09. The molecule has 0 fully saturated rings. The van der Waals surface area contributed by atoms with Crippen molar-refractivity contribution < 1.29 is 9.90 Å². The van der Waals surface area contributed by atoms with Crippen LogP contribution in [0.5, 0.6) is 0 Å². The second-order valence-electron chi connectivity index (χ2n) is 1.46. The van der Waals surface area contributed by atoms with E-state index in [-0.39, 0.29) is 0 Å². The number of nitrogens with zero attached hydrogens (tertiary/aromatic N) is 2. The monoisotopic (exact) mass is 152 g/mol. The highest BCUT2D eigenvalue weighted by atomic mass is 16.4. The van der Waals surface area contributed by atoms with Gasteiger partial charge in [-0.1, -0.05) is 12.7 Å². The Labute approximate surface area is 64.3 Å². The van der Waals surface area contributed by atoms with Gasteiger partial charge in [-0.05, 0) is 6.08 Å². The molecule has 0 aromatic carbocycles. The molecule has 0 saturated heterocycles. The first-order valence-electron chi connectivity index (χ1n) is 2.82. The molecule has 0 aromatic heterocycles. The third kappa shape index (κ3) is 8.29. The van der Waals surface area contributed by atoms with Crippen LogP contribution in [0.1, 0.15) is 0 Å². The fourth-order valence-electron chi connectivity index (χ4n) is 0.285. The lowest BCUT2D eigenvalue weighted by atomic mass is 10.6. The molecule has 0 saturated carbocycles. The fraction of sp³-hybridized carbons (Fsp3) is 0. The Morgan fingerprint density at radius 3 is 2.73 bits per heavy atom. The van der Waals surface area contributed by atoms with Gasteiger partial charge in [-0.3, -0.25) is 0 Å². The van der Waals surface area contributed by atoms with Crippen molar-refractivity contribution in [3.63, 3.8) is 0 Å². The van der Waals surface area contributed by atoms with Crippen LogP contribution in [-0.4, -0.2) is 23.6 Å². The third-order valence-corrected chi connectivity index (χ3v) is 0.627. The van der Waals surface area contributed by atoms with E-state index in [1.807, 2.05) is 0 Å². The Hall–Kier alpha value is -1.71. The van der Waals surface area contributed by atoms with Crippen molar-refractivity contribution in [3.05, 3.63) is 24.9 Å². The zero-order chi connectivity index (χ0) is 8.53. The maximum Gasteiger partial charge on any atom is 0.347 e. The molecule has 1 N–H and O–H groups in total. The van der Waals surface area contributed by atoms with E-state index in [2.05, 4.69) is 16.6 Å². The number of aliphatic carboxylic acids is 1. The highest BCUT2D eigenvalue weighted by molar-refractivity contribution is 6.23. The topological polar surface area (TPSA) is 62.0 Å². The van der Waals surface area contributed by atoms with Crippen LogP contribution in [0.2, 0.25) is 0 Å². The SMILES string of the molecule is C=C/C=C\N=CN=CC(=O)O. The summed E-state index contributed by atoms with van der Waals surface area (Å²) in [6, 6.07) is 0. The van der Waals surface area contributed by atoms with Gasteiger partial charge < -0.3 is 5.11 Å². The van der Waals surface area contributed by atoms with Crippen LogP contribution >= 0.6 is 0 Å². The van der Waals surface area contributed by atoms with E-state index < -0.39 is 5.97 Å². The number of allylic oxidation sites excluding steroid dienone is 2. The number of hydrogen-bond donors (Lipinski definition) is 1. The maximum absolute atomic E-state index is 9.84. The van der Waals surface area contributed by atoms with Gasteiger partial charge in [-0.2, -0.15) is 0 Å². The molecule has 0 aliphatic rings. The lowest BCUT2D eigenvalue weighted by molar-refractivity contribution is -0.128. The van der Waals surface area contributed by atoms with Crippen molar-refractivity contribution in [3.8, 4) is 0 Å². The van der Waals surface area contributed by atoms with Crippen LogP contribution in [0.4, 0.5) is 0 Å². The van der Waals surface area contributed by atoms with E-state index in [4.69, 9.17) is 5.11 Å². The Morgan fingerprint density at radius 1 is 1.45 bits per heavy atom. The van der Waals surface area contributed by atoms with Gasteiger partial charge >= 0.3 is 5.97 Å². The molecule has 0 unspecified atom stereocenters.